The quantitative estimate of drug-likeness (QED) is 0.591. The van der Waals surface area contributed by atoms with Crippen LogP contribution in [0.1, 0.15) is 13.8 Å². The van der Waals surface area contributed by atoms with Gasteiger partial charge in [0.2, 0.25) is 0 Å². The average molecular weight is 346 g/mol. The van der Waals surface area contributed by atoms with E-state index in [0.717, 1.165) is 17.1 Å². The number of rotatable bonds is 7. The molecule has 5 nitrogen and oxygen atoms in total. The average Bonchev–Trinajstić information content (AvgIpc) is 2.93. The Bertz CT molecular complexity index is 865. The van der Waals surface area contributed by atoms with Crippen LogP contribution in [0.3, 0.4) is 0 Å². The highest BCUT2D eigenvalue weighted by molar-refractivity contribution is 5.86. The zero-order valence-electron chi connectivity index (χ0n) is 14.4. The Hall–Kier alpha value is -2.96. The Morgan fingerprint density at radius 2 is 2.00 bits per heavy atom. The monoisotopic (exact) mass is 346 g/mol. The van der Waals surface area contributed by atoms with Crippen LogP contribution in [-0.2, 0) is 11.8 Å². The summed E-state index contributed by atoms with van der Waals surface area (Å²) in [5.41, 5.74) is 1.87. The Kier molecular flexibility index (Phi) is 5.69. The molecule has 0 aliphatic carbocycles. The third-order valence-electron chi connectivity index (χ3n) is 3.20. The largest absolute Gasteiger partial charge is 0.488 e. The van der Waals surface area contributed by atoms with Crippen LogP contribution in [0, 0.1) is 0 Å². The van der Waals surface area contributed by atoms with Crippen LogP contribution in [0.5, 0.6) is 0 Å². The first-order chi connectivity index (χ1) is 11.8. The number of aryl methyl sites for hydroxylation is 1. The maximum atomic E-state index is 13.8. The van der Waals surface area contributed by atoms with Gasteiger partial charge in [-0.05, 0) is 32.1 Å². The Labute approximate surface area is 145 Å². The van der Waals surface area contributed by atoms with Gasteiger partial charge in [-0.1, -0.05) is 13.2 Å². The summed E-state index contributed by atoms with van der Waals surface area (Å²) in [6, 6.07) is 1.85. The molecule has 0 saturated carbocycles. The SMILES string of the molecule is C=C(/C=C\C(F)=C(\F)C(=C)OC(C)C)Nc1ncnc2ccn(C)c12. The minimum Gasteiger partial charge on any atom is -0.488 e. The lowest BCUT2D eigenvalue weighted by Gasteiger charge is -2.10. The van der Waals surface area contributed by atoms with E-state index in [4.69, 9.17) is 4.74 Å². The molecule has 0 radical (unpaired) electrons. The first-order valence-corrected chi connectivity index (χ1v) is 7.60. The molecular formula is C18H20F2N4O. The van der Waals surface area contributed by atoms with E-state index in [0.29, 0.717) is 11.5 Å². The lowest BCUT2D eigenvalue weighted by Crippen LogP contribution is -2.03. The van der Waals surface area contributed by atoms with Gasteiger partial charge in [0.1, 0.15) is 11.8 Å². The first-order valence-electron chi connectivity index (χ1n) is 7.60. The van der Waals surface area contributed by atoms with E-state index in [9.17, 15) is 8.78 Å². The van der Waals surface area contributed by atoms with Crippen molar-refractivity contribution in [2.45, 2.75) is 20.0 Å². The molecule has 0 atom stereocenters. The van der Waals surface area contributed by atoms with E-state index in [-0.39, 0.29) is 11.9 Å². The lowest BCUT2D eigenvalue weighted by molar-refractivity contribution is 0.146. The zero-order valence-corrected chi connectivity index (χ0v) is 14.4. The van der Waals surface area contributed by atoms with Gasteiger partial charge in [0.25, 0.3) is 0 Å². The molecule has 7 heteroatoms. The molecule has 2 aromatic heterocycles. The van der Waals surface area contributed by atoms with Crippen molar-refractivity contribution < 1.29 is 13.5 Å². The van der Waals surface area contributed by atoms with E-state index < -0.39 is 11.7 Å². The van der Waals surface area contributed by atoms with E-state index in [1.54, 1.807) is 13.8 Å². The van der Waals surface area contributed by atoms with Gasteiger partial charge in [-0.15, -0.1) is 0 Å². The van der Waals surface area contributed by atoms with Crippen molar-refractivity contribution in [3.8, 4) is 0 Å². The van der Waals surface area contributed by atoms with Crippen molar-refractivity contribution in [2.75, 3.05) is 5.32 Å². The summed E-state index contributed by atoms with van der Waals surface area (Å²) < 4.78 is 34.5. The van der Waals surface area contributed by atoms with Gasteiger partial charge in [-0.3, -0.25) is 0 Å². The summed E-state index contributed by atoms with van der Waals surface area (Å²) in [7, 11) is 1.85. The van der Waals surface area contributed by atoms with Crippen molar-refractivity contribution in [1.29, 1.82) is 0 Å². The van der Waals surface area contributed by atoms with E-state index in [2.05, 4.69) is 28.4 Å². The van der Waals surface area contributed by atoms with Crippen LogP contribution in [0.4, 0.5) is 14.6 Å². The Balaban J connectivity index is 2.12. The standard InChI is InChI=1S/C18H20F2N4O/c1-11(2)25-13(4)16(20)14(19)7-6-12(3)23-18-17-15(21-10-22-18)8-9-24(17)5/h6-11H,3-4H2,1-2,5H3,(H,21,22,23)/b7-6-,16-14-. The number of aromatic nitrogens is 3. The smallest absolute Gasteiger partial charge is 0.199 e. The molecule has 25 heavy (non-hydrogen) atoms. The highest BCUT2D eigenvalue weighted by atomic mass is 19.2. The predicted molar refractivity (Wildman–Crippen MR) is 95.0 cm³/mol. The maximum Gasteiger partial charge on any atom is 0.199 e. The zero-order chi connectivity index (χ0) is 18.6. The number of nitrogens with one attached hydrogen (secondary N) is 1. The van der Waals surface area contributed by atoms with Gasteiger partial charge >= 0.3 is 0 Å². The highest BCUT2D eigenvalue weighted by Gasteiger charge is 2.11. The second-order valence-corrected chi connectivity index (χ2v) is 5.62. The molecular weight excluding hydrogens is 326 g/mol. The predicted octanol–water partition coefficient (Wildman–Crippen LogP) is 4.54. The summed E-state index contributed by atoms with van der Waals surface area (Å²) in [4.78, 5) is 8.30. The number of halogens is 2. The highest BCUT2D eigenvalue weighted by Crippen LogP contribution is 2.22. The molecule has 2 heterocycles. The fourth-order valence-corrected chi connectivity index (χ4v) is 2.12. The van der Waals surface area contributed by atoms with Crippen LogP contribution in [0.2, 0.25) is 0 Å². The second kappa shape index (κ2) is 7.74. The third-order valence-corrected chi connectivity index (χ3v) is 3.20. The number of hydrogen-bond acceptors (Lipinski definition) is 4. The molecule has 0 amide bonds. The summed E-state index contributed by atoms with van der Waals surface area (Å²) in [6.07, 6.45) is 5.21. The minimum atomic E-state index is -1.15. The summed E-state index contributed by atoms with van der Waals surface area (Å²) in [6.45, 7) is 10.5. The number of nitrogens with zero attached hydrogens (tertiary/aromatic N) is 3. The Morgan fingerprint density at radius 1 is 1.28 bits per heavy atom. The molecule has 0 aromatic carbocycles. The van der Waals surface area contributed by atoms with Crippen molar-refractivity contribution in [2.24, 2.45) is 7.05 Å². The third kappa shape index (κ3) is 4.53. The van der Waals surface area contributed by atoms with Crippen molar-refractivity contribution in [1.82, 2.24) is 14.5 Å². The molecule has 1 N–H and O–H groups in total. The van der Waals surface area contributed by atoms with Crippen molar-refractivity contribution >= 4 is 16.9 Å². The molecule has 2 aromatic rings. The molecule has 2 rings (SSSR count). The molecule has 0 aliphatic heterocycles. The van der Waals surface area contributed by atoms with Crippen molar-refractivity contribution in [3.05, 3.63) is 67.0 Å². The van der Waals surface area contributed by atoms with Gasteiger partial charge in [-0.25, -0.2) is 14.4 Å². The maximum absolute atomic E-state index is 13.8. The number of fused-ring (bicyclic) bond motifs is 1. The van der Waals surface area contributed by atoms with Crippen LogP contribution < -0.4 is 5.32 Å². The van der Waals surface area contributed by atoms with Gasteiger partial charge in [0, 0.05) is 18.9 Å². The first kappa shape index (κ1) is 18.4. The Morgan fingerprint density at radius 3 is 2.68 bits per heavy atom. The molecule has 0 saturated heterocycles. The molecule has 132 valence electrons. The molecule has 0 unspecified atom stereocenters. The molecule has 0 bridgehead atoms. The van der Waals surface area contributed by atoms with Gasteiger partial charge in [0.15, 0.2) is 23.2 Å². The lowest BCUT2D eigenvalue weighted by atomic mass is 10.3. The van der Waals surface area contributed by atoms with Crippen molar-refractivity contribution in [3.63, 3.8) is 0 Å². The summed E-state index contributed by atoms with van der Waals surface area (Å²) in [5, 5.41) is 2.95. The van der Waals surface area contributed by atoms with Gasteiger partial charge < -0.3 is 14.6 Å². The van der Waals surface area contributed by atoms with E-state index >= 15 is 0 Å². The van der Waals surface area contributed by atoms with Gasteiger partial charge in [-0.2, -0.15) is 4.39 Å². The number of hydrogen-bond donors (Lipinski definition) is 1. The minimum absolute atomic E-state index is 0.294. The van der Waals surface area contributed by atoms with E-state index in [1.165, 1.54) is 12.4 Å². The number of ether oxygens (including phenoxy) is 1. The van der Waals surface area contributed by atoms with Gasteiger partial charge in [0.05, 0.1) is 11.6 Å². The normalized spacial score (nSPS) is 12.6. The topological polar surface area (TPSA) is 52.0 Å². The van der Waals surface area contributed by atoms with Crippen LogP contribution >= 0.6 is 0 Å². The fraction of sp³-hybridized carbons (Fsp3) is 0.222. The molecule has 0 fully saturated rings. The van der Waals surface area contributed by atoms with E-state index in [1.807, 2.05) is 23.9 Å². The summed E-state index contributed by atoms with van der Waals surface area (Å²) in [5.74, 6) is -2.08. The van der Waals surface area contributed by atoms with Crippen LogP contribution in [0.15, 0.2) is 67.0 Å². The number of anilines is 1. The second-order valence-electron chi connectivity index (χ2n) is 5.62. The van der Waals surface area contributed by atoms with Crippen LogP contribution in [-0.4, -0.2) is 20.6 Å². The number of allylic oxidation sites excluding steroid dienone is 4. The molecule has 0 spiro atoms. The molecule has 0 aliphatic rings. The fourth-order valence-electron chi connectivity index (χ4n) is 2.12. The van der Waals surface area contributed by atoms with Crippen LogP contribution in [0.25, 0.3) is 11.0 Å². The summed E-state index contributed by atoms with van der Waals surface area (Å²) >= 11 is 0.